The Morgan fingerprint density at radius 3 is 2.68 bits per heavy atom. The van der Waals surface area contributed by atoms with E-state index in [1.54, 1.807) is 45.0 Å². The van der Waals surface area contributed by atoms with Crippen molar-refractivity contribution in [1.29, 1.82) is 0 Å². The lowest BCUT2D eigenvalue weighted by Crippen LogP contribution is -2.69. The maximum absolute atomic E-state index is 13.1. The maximum Gasteiger partial charge on any atom is 0.248 e. The molecule has 3 aliphatic rings. The molecule has 0 bridgehead atoms. The number of rotatable bonds is 3. The highest BCUT2D eigenvalue weighted by atomic mass is 32.2. The summed E-state index contributed by atoms with van der Waals surface area (Å²) < 4.78 is 13.1. The third-order valence-corrected chi connectivity index (χ3v) is 7.38. The van der Waals surface area contributed by atoms with Gasteiger partial charge in [-0.2, -0.15) is 0 Å². The van der Waals surface area contributed by atoms with Gasteiger partial charge in [-0.05, 0) is 24.3 Å². The molecule has 1 aromatic carbocycles. The van der Waals surface area contributed by atoms with Gasteiger partial charge in [0, 0.05) is 36.3 Å². The highest BCUT2D eigenvalue weighted by Gasteiger charge is 2.49. The first kappa shape index (κ1) is 18.1. The van der Waals surface area contributed by atoms with E-state index < -0.39 is 0 Å². The van der Waals surface area contributed by atoms with E-state index in [2.05, 4.69) is 9.88 Å². The second kappa shape index (κ2) is 7.13. The van der Waals surface area contributed by atoms with Gasteiger partial charge in [0.25, 0.3) is 0 Å². The van der Waals surface area contributed by atoms with Crippen molar-refractivity contribution in [3.63, 3.8) is 0 Å². The maximum atomic E-state index is 13.1. The summed E-state index contributed by atoms with van der Waals surface area (Å²) in [6, 6.07) is 5.67. The predicted molar refractivity (Wildman–Crippen MR) is 106 cm³/mol. The first-order chi connectivity index (χ1) is 13.6. The van der Waals surface area contributed by atoms with Crippen LogP contribution in [0, 0.1) is 5.82 Å². The Kier molecular flexibility index (Phi) is 4.60. The molecular weight excluding hydrogens is 399 g/mol. The van der Waals surface area contributed by atoms with Gasteiger partial charge in [-0.15, -0.1) is 23.1 Å². The molecule has 3 fully saturated rings. The minimum absolute atomic E-state index is 0.0745. The van der Waals surface area contributed by atoms with Crippen molar-refractivity contribution in [3.05, 3.63) is 40.5 Å². The summed E-state index contributed by atoms with van der Waals surface area (Å²) in [5, 5.41) is 2.93. The third-order valence-electron chi connectivity index (χ3n) is 5.53. The fourth-order valence-corrected chi connectivity index (χ4v) is 6.03. The fourth-order valence-electron chi connectivity index (χ4n) is 4.03. The largest absolute Gasteiger partial charge is 0.326 e. The molecule has 9 heteroatoms. The third kappa shape index (κ3) is 3.11. The number of thioether (sulfide) groups is 1. The van der Waals surface area contributed by atoms with Crippen molar-refractivity contribution in [1.82, 2.24) is 19.7 Å². The quantitative estimate of drug-likeness (QED) is 0.762. The van der Waals surface area contributed by atoms with Crippen molar-refractivity contribution in [2.75, 3.05) is 31.3 Å². The molecule has 146 valence electrons. The Morgan fingerprint density at radius 1 is 1.07 bits per heavy atom. The van der Waals surface area contributed by atoms with Gasteiger partial charge < -0.3 is 9.80 Å². The molecule has 0 radical (unpaired) electrons. The zero-order valence-corrected chi connectivity index (χ0v) is 16.7. The van der Waals surface area contributed by atoms with Gasteiger partial charge in [-0.1, -0.05) is 0 Å². The zero-order valence-electron chi connectivity index (χ0n) is 15.1. The first-order valence-corrected chi connectivity index (χ1v) is 11.2. The second-order valence-corrected chi connectivity index (χ2v) is 9.18. The van der Waals surface area contributed by atoms with Crippen molar-refractivity contribution >= 4 is 34.9 Å². The molecule has 3 aliphatic heterocycles. The molecule has 4 heterocycles. The number of carbonyl (C=O) groups excluding carboxylic acids is 2. The van der Waals surface area contributed by atoms with Crippen LogP contribution in [0.1, 0.15) is 5.01 Å². The van der Waals surface area contributed by atoms with Crippen molar-refractivity contribution in [2.45, 2.75) is 18.6 Å². The summed E-state index contributed by atoms with van der Waals surface area (Å²) in [5.74, 6) is 1.24. The van der Waals surface area contributed by atoms with Gasteiger partial charge in [0.05, 0.1) is 18.1 Å². The lowest BCUT2D eigenvalue weighted by molar-refractivity contribution is -0.162. The number of carbonyl (C=O) groups is 2. The second-order valence-electron chi connectivity index (χ2n) is 7.24. The van der Waals surface area contributed by atoms with Crippen LogP contribution in [-0.2, 0) is 16.1 Å². The minimum atomic E-state index is -0.382. The molecule has 1 aromatic heterocycles. The summed E-state index contributed by atoms with van der Waals surface area (Å²) >= 11 is 3.21. The minimum Gasteiger partial charge on any atom is -0.326 e. The molecule has 28 heavy (non-hydrogen) atoms. The Balaban J connectivity index is 1.28. The number of piperazine rings is 2. The molecule has 6 nitrogen and oxygen atoms in total. The molecule has 3 saturated heterocycles. The lowest BCUT2D eigenvalue weighted by atomic mass is 10.0. The summed E-state index contributed by atoms with van der Waals surface area (Å²) in [5.41, 5.74) is 1.72. The van der Waals surface area contributed by atoms with Crippen LogP contribution >= 0.6 is 23.1 Å². The number of fused-ring (bicyclic) bond motifs is 2. The predicted octanol–water partition coefficient (Wildman–Crippen LogP) is 1.88. The Morgan fingerprint density at radius 2 is 1.86 bits per heavy atom. The molecule has 5 rings (SSSR count). The molecule has 2 amide bonds. The van der Waals surface area contributed by atoms with Crippen molar-refractivity contribution in [3.8, 4) is 11.3 Å². The van der Waals surface area contributed by atoms with E-state index in [-0.39, 0.29) is 29.7 Å². The smallest absolute Gasteiger partial charge is 0.248 e. The highest BCUT2D eigenvalue weighted by Crippen LogP contribution is 2.31. The Hall–Kier alpha value is -1.97. The molecule has 0 spiro atoms. The van der Waals surface area contributed by atoms with Crippen molar-refractivity contribution < 1.29 is 14.0 Å². The van der Waals surface area contributed by atoms with Gasteiger partial charge in [-0.25, -0.2) is 9.37 Å². The van der Waals surface area contributed by atoms with Gasteiger partial charge in [0.2, 0.25) is 11.8 Å². The first-order valence-electron chi connectivity index (χ1n) is 9.21. The molecule has 2 aromatic rings. The van der Waals surface area contributed by atoms with Gasteiger partial charge >= 0.3 is 0 Å². The summed E-state index contributed by atoms with van der Waals surface area (Å²) in [7, 11) is 0. The summed E-state index contributed by atoms with van der Waals surface area (Å²) in [6.07, 6.45) is 0. The monoisotopic (exact) mass is 418 g/mol. The fraction of sp³-hybridized carbons (Fsp3) is 0.421. The van der Waals surface area contributed by atoms with Crippen LogP contribution in [0.25, 0.3) is 11.3 Å². The Bertz CT molecular complexity index is 919. The molecule has 0 saturated carbocycles. The average molecular weight is 419 g/mol. The van der Waals surface area contributed by atoms with E-state index in [1.807, 2.05) is 5.38 Å². The van der Waals surface area contributed by atoms with Crippen LogP contribution in [0.3, 0.4) is 0 Å². The van der Waals surface area contributed by atoms with E-state index in [0.717, 1.165) is 22.8 Å². The number of amides is 2. The summed E-state index contributed by atoms with van der Waals surface area (Å²) in [6.45, 7) is 2.51. The number of nitrogens with zero attached hydrogens (tertiary/aromatic N) is 4. The number of benzene rings is 1. The normalized spacial score (nSPS) is 25.2. The van der Waals surface area contributed by atoms with E-state index in [1.165, 1.54) is 12.1 Å². The summed E-state index contributed by atoms with van der Waals surface area (Å²) in [4.78, 5) is 35.9. The number of hydrogen-bond acceptors (Lipinski definition) is 6. The van der Waals surface area contributed by atoms with E-state index in [0.29, 0.717) is 31.3 Å². The molecule has 0 aliphatic carbocycles. The standard InChI is InChI=1S/C19H19FN4O2S2/c20-13-3-1-12(2-4-13)14-9-28-17(21-14)8-22-5-6-23-15(7-22)18(25)24-11-27-10-16(24)19(23)26/h1-4,9,15-16H,5-8,10-11H2/t15-,16+/m1/s1. The van der Waals surface area contributed by atoms with Crippen LogP contribution in [0.4, 0.5) is 4.39 Å². The number of thiazole rings is 1. The lowest BCUT2D eigenvalue weighted by Gasteiger charge is -2.47. The molecule has 0 unspecified atom stereocenters. The van der Waals surface area contributed by atoms with Gasteiger partial charge in [0.15, 0.2) is 0 Å². The molecular formula is C19H19FN4O2S2. The topological polar surface area (TPSA) is 56.8 Å². The molecule has 2 atom stereocenters. The van der Waals surface area contributed by atoms with Gasteiger partial charge in [0.1, 0.15) is 22.9 Å². The average Bonchev–Trinajstić information content (AvgIpc) is 3.37. The van der Waals surface area contributed by atoms with Crippen LogP contribution in [-0.4, -0.2) is 74.8 Å². The number of halogens is 1. The van der Waals surface area contributed by atoms with Crippen molar-refractivity contribution in [2.24, 2.45) is 0 Å². The highest BCUT2D eigenvalue weighted by molar-refractivity contribution is 7.99. The molecule has 0 N–H and O–H groups in total. The van der Waals surface area contributed by atoms with Crippen LogP contribution < -0.4 is 0 Å². The van der Waals surface area contributed by atoms with Crippen LogP contribution in [0.15, 0.2) is 29.6 Å². The zero-order chi connectivity index (χ0) is 19.3. The van der Waals surface area contributed by atoms with Gasteiger partial charge in [-0.3, -0.25) is 14.5 Å². The Labute approximate surface area is 170 Å². The van der Waals surface area contributed by atoms with E-state index >= 15 is 0 Å². The number of aromatic nitrogens is 1. The van der Waals surface area contributed by atoms with Crippen LogP contribution in [0.5, 0.6) is 0 Å². The number of hydrogen-bond donors (Lipinski definition) is 0. The van der Waals surface area contributed by atoms with E-state index in [9.17, 15) is 14.0 Å². The van der Waals surface area contributed by atoms with E-state index in [4.69, 9.17) is 0 Å². The van der Waals surface area contributed by atoms with Crippen LogP contribution in [0.2, 0.25) is 0 Å². The SMILES string of the molecule is O=C1[C@@H]2CSCN2C(=O)[C@H]2CN(Cc3nc(-c4ccc(F)cc4)cs3)CCN12.